The molecule has 0 bridgehead atoms. The van der Waals surface area contributed by atoms with Crippen LogP contribution >= 0.6 is 11.6 Å². The first-order chi connectivity index (χ1) is 7.79. The summed E-state index contributed by atoms with van der Waals surface area (Å²) in [6.07, 6.45) is 0.318. The summed E-state index contributed by atoms with van der Waals surface area (Å²) in [6.45, 7) is 1.23. The smallest absolute Gasteiger partial charge is 0.159 e. The number of hydrogen-bond donors (Lipinski definition) is 0. The molecule has 0 N–H and O–H groups in total. The zero-order chi connectivity index (χ0) is 11.4. The van der Waals surface area contributed by atoms with E-state index in [0.717, 1.165) is 5.56 Å². The molecule has 1 aliphatic heterocycles. The molecule has 1 saturated heterocycles. The molecular formula is C12H12ClNO2. The molecule has 1 fully saturated rings. The molecular weight excluding hydrogens is 226 g/mol. The average molecular weight is 238 g/mol. The molecule has 1 aromatic carbocycles. The monoisotopic (exact) mass is 237 g/mol. The Labute approximate surface area is 99.5 Å². The highest BCUT2D eigenvalue weighted by atomic mass is 35.5. The molecule has 1 atom stereocenters. The van der Waals surface area contributed by atoms with E-state index in [9.17, 15) is 0 Å². The second kappa shape index (κ2) is 5.31. The first-order valence-electron chi connectivity index (χ1n) is 5.18. The van der Waals surface area contributed by atoms with Gasteiger partial charge in [-0.3, -0.25) is 0 Å². The Morgan fingerprint density at radius 3 is 2.50 bits per heavy atom. The molecule has 0 amide bonds. The highest BCUT2D eigenvalue weighted by molar-refractivity contribution is 6.30. The molecule has 0 saturated carbocycles. The maximum atomic E-state index is 9.12. The summed E-state index contributed by atoms with van der Waals surface area (Å²) in [7, 11) is 0. The SMILES string of the molecule is N#CC(CC1OCCO1)c1ccc(Cl)cc1. The Bertz CT molecular complexity index is 379. The van der Waals surface area contributed by atoms with Gasteiger partial charge in [-0.05, 0) is 17.7 Å². The van der Waals surface area contributed by atoms with E-state index in [2.05, 4.69) is 6.07 Å². The predicted molar refractivity (Wildman–Crippen MR) is 60.1 cm³/mol. The molecule has 4 heteroatoms. The van der Waals surface area contributed by atoms with Crippen LogP contribution in [0.25, 0.3) is 0 Å². The third kappa shape index (κ3) is 2.73. The Hall–Kier alpha value is -1.08. The molecule has 0 aromatic heterocycles. The maximum Gasteiger partial charge on any atom is 0.159 e. The van der Waals surface area contributed by atoms with E-state index in [-0.39, 0.29) is 12.2 Å². The van der Waals surface area contributed by atoms with Crippen LogP contribution in [0.2, 0.25) is 5.02 Å². The minimum atomic E-state index is -0.250. The fourth-order valence-corrected chi connectivity index (χ4v) is 1.82. The summed E-state index contributed by atoms with van der Waals surface area (Å²) in [5, 5.41) is 9.79. The normalized spacial score (nSPS) is 18.2. The average Bonchev–Trinajstić information content (AvgIpc) is 2.80. The van der Waals surface area contributed by atoms with Gasteiger partial charge in [-0.2, -0.15) is 5.26 Å². The summed E-state index contributed by atoms with van der Waals surface area (Å²) in [5.41, 5.74) is 0.950. The molecule has 1 unspecified atom stereocenters. The van der Waals surface area contributed by atoms with Crippen molar-refractivity contribution in [1.82, 2.24) is 0 Å². The quantitative estimate of drug-likeness (QED) is 0.812. The Balaban J connectivity index is 2.04. The first-order valence-corrected chi connectivity index (χ1v) is 5.55. The summed E-state index contributed by atoms with van der Waals surface area (Å²) in [5.74, 6) is -0.208. The highest BCUT2D eigenvalue weighted by Crippen LogP contribution is 2.25. The summed E-state index contributed by atoms with van der Waals surface area (Å²) >= 11 is 5.80. The van der Waals surface area contributed by atoms with Gasteiger partial charge in [0.15, 0.2) is 6.29 Å². The van der Waals surface area contributed by atoms with Gasteiger partial charge < -0.3 is 9.47 Å². The van der Waals surface area contributed by atoms with Crippen molar-refractivity contribution in [3.8, 4) is 6.07 Å². The van der Waals surface area contributed by atoms with Crippen LogP contribution in [0.4, 0.5) is 0 Å². The van der Waals surface area contributed by atoms with Crippen molar-refractivity contribution >= 4 is 11.6 Å². The minimum absolute atomic E-state index is 0.208. The van der Waals surface area contributed by atoms with Gasteiger partial charge in [0.1, 0.15) is 0 Å². The summed E-state index contributed by atoms with van der Waals surface area (Å²) in [6, 6.07) is 9.57. The van der Waals surface area contributed by atoms with Gasteiger partial charge in [0, 0.05) is 11.4 Å². The lowest BCUT2D eigenvalue weighted by molar-refractivity contribution is -0.0483. The minimum Gasteiger partial charge on any atom is -0.350 e. The van der Waals surface area contributed by atoms with Gasteiger partial charge in [0.05, 0.1) is 25.2 Å². The van der Waals surface area contributed by atoms with E-state index < -0.39 is 0 Å². The third-order valence-electron chi connectivity index (χ3n) is 2.55. The molecule has 1 aliphatic rings. The number of ether oxygens (including phenoxy) is 2. The van der Waals surface area contributed by atoms with E-state index in [4.69, 9.17) is 26.3 Å². The van der Waals surface area contributed by atoms with Crippen molar-refractivity contribution in [1.29, 1.82) is 5.26 Å². The van der Waals surface area contributed by atoms with Crippen molar-refractivity contribution in [3.63, 3.8) is 0 Å². The lowest BCUT2D eigenvalue weighted by Crippen LogP contribution is -2.12. The molecule has 84 valence electrons. The van der Waals surface area contributed by atoms with Gasteiger partial charge in [0.25, 0.3) is 0 Å². The predicted octanol–water partition coefficient (Wildman–Crippen LogP) is 2.71. The van der Waals surface area contributed by atoms with Crippen LogP contribution < -0.4 is 0 Å². The van der Waals surface area contributed by atoms with Crippen LogP contribution in [-0.2, 0) is 9.47 Å². The standard InChI is InChI=1S/C12H12ClNO2/c13-11-3-1-9(2-4-11)10(8-14)7-12-15-5-6-16-12/h1-4,10,12H,5-7H2. The molecule has 1 aromatic rings. The molecule has 1 heterocycles. The van der Waals surface area contributed by atoms with Gasteiger partial charge >= 0.3 is 0 Å². The van der Waals surface area contributed by atoms with E-state index >= 15 is 0 Å². The number of hydrogen-bond acceptors (Lipinski definition) is 3. The Morgan fingerprint density at radius 2 is 1.94 bits per heavy atom. The fourth-order valence-electron chi connectivity index (χ4n) is 1.69. The lowest BCUT2D eigenvalue weighted by Gasteiger charge is -2.13. The van der Waals surface area contributed by atoms with Gasteiger partial charge in [0.2, 0.25) is 0 Å². The van der Waals surface area contributed by atoms with Crippen molar-refractivity contribution in [2.24, 2.45) is 0 Å². The van der Waals surface area contributed by atoms with Crippen LogP contribution in [0.5, 0.6) is 0 Å². The van der Waals surface area contributed by atoms with E-state index in [0.29, 0.717) is 24.7 Å². The van der Waals surface area contributed by atoms with Crippen molar-refractivity contribution < 1.29 is 9.47 Å². The van der Waals surface area contributed by atoms with Crippen LogP contribution in [0, 0.1) is 11.3 Å². The van der Waals surface area contributed by atoms with Crippen molar-refractivity contribution in [3.05, 3.63) is 34.9 Å². The van der Waals surface area contributed by atoms with E-state index in [1.807, 2.05) is 12.1 Å². The second-order valence-corrected chi connectivity index (χ2v) is 4.08. The largest absolute Gasteiger partial charge is 0.350 e. The first kappa shape index (κ1) is 11.4. The van der Waals surface area contributed by atoms with Crippen molar-refractivity contribution in [2.75, 3.05) is 13.2 Å². The van der Waals surface area contributed by atoms with Crippen molar-refractivity contribution in [2.45, 2.75) is 18.6 Å². The molecule has 16 heavy (non-hydrogen) atoms. The third-order valence-corrected chi connectivity index (χ3v) is 2.80. The molecule has 0 aliphatic carbocycles. The highest BCUT2D eigenvalue weighted by Gasteiger charge is 2.22. The summed E-state index contributed by atoms with van der Waals surface area (Å²) in [4.78, 5) is 0. The molecule has 3 nitrogen and oxygen atoms in total. The molecule has 0 radical (unpaired) electrons. The summed E-state index contributed by atoms with van der Waals surface area (Å²) < 4.78 is 10.7. The number of benzene rings is 1. The number of nitrogens with zero attached hydrogens (tertiary/aromatic N) is 1. The maximum absolute atomic E-state index is 9.12. The second-order valence-electron chi connectivity index (χ2n) is 3.64. The van der Waals surface area contributed by atoms with E-state index in [1.165, 1.54) is 0 Å². The van der Waals surface area contributed by atoms with Crippen LogP contribution in [0.15, 0.2) is 24.3 Å². The van der Waals surface area contributed by atoms with Crippen LogP contribution in [0.3, 0.4) is 0 Å². The van der Waals surface area contributed by atoms with Crippen LogP contribution in [-0.4, -0.2) is 19.5 Å². The fraction of sp³-hybridized carbons (Fsp3) is 0.417. The zero-order valence-electron chi connectivity index (χ0n) is 8.73. The molecule has 0 spiro atoms. The number of nitriles is 1. The van der Waals surface area contributed by atoms with Gasteiger partial charge in [-0.15, -0.1) is 0 Å². The lowest BCUT2D eigenvalue weighted by atomic mass is 9.97. The number of rotatable bonds is 3. The Morgan fingerprint density at radius 1 is 1.31 bits per heavy atom. The van der Waals surface area contributed by atoms with Gasteiger partial charge in [-0.1, -0.05) is 23.7 Å². The Kier molecular flexibility index (Phi) is 3.79. The van der Waals surface area contributed by atoms with Gasteiger partial charge in [-0.25, -0.2) is 0 Å². The number of halogens is 1. The van der Waals surface area contributed by atoms with E-state index in [1.54, 1.807) is 12.1 Å². The van der Waals surface area contributed by atoms with Crippen LogP contribution in [0.1, 0.15) is 17.9 Å². The zero-order valence-corrected chi connectivity index (χ0v) is 9.48. The molecule has 2 rings (SSSR count). The topological polar surface area (TPSA) is 42.2 Å².